The van der Waals surface area contributed by atoms with Gasteiger partial charge in [0.15, 0.2) is 0 Å². The maximum Gasteiger partial charge on any atom is 0.0954 e. The maximum atomic E-state index is 5.98. The van der Waals surface area contributed by atoms with Crippen molar-refractivity contribution in [3.8, 4) is 0 Å². The number of hydrogen-bond acceptors (Lipinski definition) is 3. The SMILES string of the molecule is Cc1ccccc1C(CN)OC1CCOC1. The molecular weight excluding hydrogens is 202 g/mol. The van der Waals surface area contributed by atoms with Crippen molar-refractivity contribution in [2.45, 2.75) is 25.6 Å². The second-order valence-corrected chi connectivity index (χ2v) is 4.20. The number of nitrogens with two attached hydrogens (primary N) is 1. The second kappa shape index (κ2) is 5.43. The van der Waals surface area contributed by atoms with Gasteiger partial charge in [-0.1, -0.05) is 24.3 Å². The summed E-state index contributed by atoms with van der Waals surface area (Å²) in [5.74, 6) is 0. The number of hydrogen-bond donors (Lipinski definition) is 1. The molecule has 0 aliphatic carbocycles. The van der Waals surface area contributed by atoms with Crippen molar-refractivity contribution in [1.82, 2.24) is 0 Å². The van der Waals surface area contributed by atoms with Gasteiger partial charge in [-0.2, -0.15) is 0 Å². The van der Waals surface area contributed by atoms with E-state index in [0.29, 0.717) is 13.2 Å². The normalized spacial score (nSPS) is 22.2. The first-order valence-electron chi connectivity index (χ1n) is 5.80. The van der Waals surface area contributed by atoms with Crippen LogP contribution in [0.4, 0.5) is 0 Å². The van der Waals surface area contributed by atoms with Crippen LogP contribution in [-0.2, 0) is 9.47 Å². The molecule has 2 unspecified atom stereocenters. The highest BCUT2D eigenvalue weighted by Gasteiger charge is 2.22. The van der Waals surface area contributed by atoms with Crippen LogP contribution < -0.4 is 5.73 Å². The minimum absolute atomic E-state index is 0.00657. The zero-order valence-corrected chi connectivity index (χ0v) is 9.69. The van der Waals surface area contributed by atoms with Crippen molar-refractivity contribution in [3.63, 3.8) is 0 Å². The summed E-state index contributed by atoms with van der Waals surface area (Å²) in [6.07, 6.45) is 1.17. The van der Waals surface area contributed by atoms with Crippen molar-refractivity contribution < 1.29 is 9.47 Å². The van der Waals surface area contributed by atoms with Gasteiger partial charge in [-0.3, -0.25) is 0 Å². The number of ether oxygens (including phenoxy) is 2. The molecule has 1 aliphatic heterocycles. The molecule has 1 aromatic rings. The van der Waals surface area contributed by atoms with Crippen LogP contribution in [0.5, 0.6) is 0 Å². The summed E-state index contributed by atoms with van der Waals surface area (Å²) in [7, 11) is 0. The van der Waals surface area contributed by atoms with Gasteiger partial charge in [0.05, 0.1) is 18.8 Å². The third-order valence-electron chi connectivity index (χ3n) is 2.99. The number of benzene rings is 1. The largest absolute Gasteiger partial charge is 0.379 e. The molecule has 3 heteroatoms. The molecule has 1 fully saturated rings. The minimum atomic E-state index is -0.00657. The van der Waals surface area contributed by atoms with Crippen molar-refractivity contribution >= 4 is 0 Å². The van der Waals surface area contributed by atoms with E-state index in [1.807, 2.05) is 12.1 Å². The van der Waals surface area contributed by atoms with Gasteiger partial charge in [-0.25, -0.2) is 0 Å². The Balaban J connectivity index is 2.06. The van der Waals surface area contributed by atoms with Crippen LogP contribution in [0.25, 0.3) is 0 Å². The summed E-state index contributed by atoms with van der Waals surface area (Å²) in [5.41, 5.74) is 8.21. The monoisotopic (exact) mass is 221 g/mol. The Morgan fingerprint density at radius 3 is 2.94 bits per heavy atom. The lowest BCUT2D eigenvalue weighted by Gasteiger charge is -2.21. The van der Waals surface area contributed by atoms with Crippen LogP contribution >= 0.6 is 0 Å². The molecule has 1 aromatic carbocycles. The molecule has 2 rings (SSSR count). The van der Waals surface area contributed by atoms with Gasteiger partial charge in [0, 0.05) is 13.2 Å². The molecular formula is C13H19NO2. The fraction of sp³-hybridized carbons (Fsp3) is 0.538. The van der Waals surface area contributed by atoms with Crippen LogP contribution in [0.2, 0.25) is 0 Å². The molecule has 0 aromatic heterocycles. The highest BCUT2D eigenvalue weighted by molar-refractivity contribution is 5.28. The molecule has 0 radical (unpaired) electrons. The predicted molar refractivity (Wildman–Crippen MR) is 63.3 cm³/mol. The molecule has 0 saturated carbocycles. The first-order valence-corrected chi connectivity index (χ1v) is 5.80. The Morgan fingerprint density at radius 1 is 1.50 bits per heavy atom. The topological polar surface area (TPSA) is 44.5 Å². The van der Waals surface area contributed by atoms with E-state index < -0.39 is 0 Å². The second-order valence-electron chi connectivity index (χ2n) is 4.20. The Morgan fingerprint density at radius 2 is 2.31 bits per heavy atom. The zero-order chi connectivity index (χ0) is 11.4. The van der Waals surface area contributed by atoms with Gasteiger partial charge in [0.25, 0.3) is 0 Å². The molecule has 0 spiro atoms. The van der Waals surface area contributed by atoms with Gasteiger partial charge in [0.2, 0.25) is 0 Å². The Hall–Kier alpha value is -0.900. The average molecular weight is 221 g/mol. The Bertz CT molecular complexity index is 334. The molecule has 1 aliphatic rings. The quantitative estimate of drug-likeness (QED) is 0.843. The Labute approximate surface area is 96.5 Å². The fourth-order valence-corrected chi connectivity index (χ4v) is 2.06. The Kier molecular flexibility index (Phi) is 3.93. The van der Waals surface area contributed by atoms with Crippen LogP contribution in [0.1, 0.15) is 23.7 Å². The van der Waals surface area contributed by atoms with E-state index in [-0.39, 0.29) is 12.2 Å². The molecule has 3 nitrogen and oxygen atoms in total. The smallest absolute Gasteiger partial charge is 0.0954 e. The molecule has 88 valence electrons. The number of aryl methyl sites for hydroxylation is 1. The third-order valence-corrected chi connectivity index (χ3v) is 2.99. The highest BCUT2D eigenvalue weighted by atomic mass is 16.5. The lowest BCUT2D eigenvalue weighted by Crippen LogP contribution is -2.23. The van der Waals surface area contributed by atoms with Gasteiger partial charge in [-0.05, 0) is 24.5 Å². The predicted octanol–water partition coefficient (Wildman–Crippen LogP) is 1.80. The van der Waals surface area contributed by atoms with Crippen molar-refractivity contribution in [1.29, 1.82) is 0 Å². The minimum Gasteiger partial charge on any atom is -0.379 e. The summed E-state index contributed by atoms with van der Waals surface area (Å²) in [4.78, 5) is 0. The molecule has 2 N–H and O–H groups in total. The van der Waals surface area contributed by atoms with Crippen LogP contribution in [-0.4, -0.2) is 25.9 Å². The summed E-state index contributed by atoms with van der Waals surface area (Å²) in [5, 5.41) is 0. The summed E-state index contributed by atoms with van der Waals surface area (Å²) >= 11 is 0. The van der Waals surface area contributed by atoms with E-state index in [2.05, 4.69) is 19.1 Å². The van der Waals surface area contributed by atoms with E-state index in [0.717, 1.165) is 13.0 Å². The van der Waals surface area contributed by atoms with Crippen molar-refractivity contribution in [2.75, 3.05) is 19.8 Å². The third kappa shape index (κ3) is 2.61. The first kappa shape index (κ1) is 11.6. The highest BCUT2D eigenvalue weighted by Crippen LogP contribution is 2.23. The summed E-state index contributed by atoms with van der Waals surface area (Å²) in [6.45, 7) is 4.10. The molecule has 1 saturated heterocycles. The van der Waals surface area contributed by atoms with E-state index in [9.17, 15) is 0 Å². The summed E-state index contributed by atoms with van der Waals surface area (Å²) in [6, 6.07) is 8.24. The molecule has 1 heterocycles. The van der Waals surface area contributed by atoms with Crippen molar-refractivity contribution in [3.05, 3.63) is 35.4 Å². The van der Waals surface area contributed by atoms with Crippen LogP contribution in [0, 0.1) is 6.92 Å². The summed E-state index contributed by atoms with van der Waals surface area (Å²) < 4.78 is 11.3. The molecule has 16 heavy (non-hydrogen) atoms. The zero-order valence-electron chi connectivity index (χ0n) is 9.69. The molecule has 2 atom stereocenters. The lowest BCUT2D eigenvalue weighted by atomic mass is 10.0. The van der Waals surface area contributed by atoms with E-state index in [4.69, 9.17) is 15.2 Å². The van der Waals surface area contributed by atoms with Crippen molar-refractivity contribution in [2.24, 2.45) is 5.73 Å². The van der Waals surface area contributed by atoms with Crippen LogP contribution in [0.15, 0.2) is 24.3 Å². The first-order chi connectivity index (χ1) is 7.81. The molecule has 0 amide bonds. The van der Waals surface area contributed by atoms with E-state index >= 15 is 0 Å². The van der Waals surface area contributed by atoms with Crippen LogP contribution in [0.3, 0.4) is 0 Å². The van der Waals surface area contributed by atoms with E-state index in [1.165, 1.54) is 11.1 Å². The van der Waals surface area contributed by atoms with Gasteiger partial charge >= 0.3 is 0 Å². The van der Waals surface area contributed by atoms with Gasteiger partial charge < -0.3 is 15.2 Å². The number of rotatable bonds is 4. The maximum absolute atomic E-state index is 5.98. The van der Waals surface area contributed by atoms with E-state index in [1.54, 1.807) is 0 Å². The fourth-order valence-electron chi connectivity index (χ4n) is 2.06. The van der Waals surface area contributed by atoms with Gasteiger partial charge in [-0.15, -0.1) is 0 Å². The van der Waals surface area contributed by atoms with Gasteiger partial charge in [0.1, 0.15) is 0 Å². The standard InChI is InChI=1S/C13H19NO2/c1-10-4-2-3-5-12(10)13(8-14)16-11-6-7-15-9-11/h2-5,11,13H,6-9,14H2,1H3. The lowest BCUT2D eigenvalue weighted by molar-refractivity contribution is -0.0128. The molecule has 0 bridgehead atoms. The average Bonchev–Trinajstić information content (AvgIpc) is 2.80.